The van der Waals surface area contributed by atoms with E-state index in [2.05, 4.69) is 15.6 Å². The fourth-order valence-electron chi connectivity index (χ4n) is 5.32. The van der Waals surface area contributed by atoms with Gasteiger partial charge in [-0.2, -0.15) is 21.6 Å². The van der Waals surface area contributed by atoms with E-state index in [9.17, 15) is 45.6 Å². The number of carbonyl (C=O) groups excluding carboxylic acids is 5. The zero-order valence-electron chi connectivity index (χ0n) is 27.7. The van der Waals surface area contributed by atoms with Crippen LogP contribution in [-0.4, -0.2) is 85.1 Å². The number of hydrogen-bond donors (Lipinski definition) is 3. The maximum Gasteiger partial charge on any atom is 0.516 e. The summed E-state index contributed by atoms with van der Waals surface area (Å²) in [7, 11) is -4.44. The van der Waals surface area contributed by atoms with E-state index in [0.717, 1.165) is 24.3 Å². The highest BCUT2D eigenvalue weighted by Gasteiger charge is 2.46. The molecule has 2 heterocycles. The number of aromatic nitrogens is 1. The molecule has 14 nitrogen and oxygen atoms in total. The van der Waals surface area contributed by atoms with Crippen LogP contribution >= 0.6 is 0 Å². The van der Waals surface area contributed by atoms with Gasteiger partial charge in [0.15, 0.2) is 5.58 Å². The van der Waals surface area contributed by atoms with Crippen LogP contribution in [0.25, 0.3) is 11.1 Å². The first-order valence-electron chi connectivity index (χ1n) is 15.5. The second-order valence-corrected chi connectivity index (χ2v) is 14.0. The number of rotatable bonds is 12. The van der Waals surface area contributed by atoms with Crippen molar-refractivity contribution >= 4 is 56.3 Å². The van der Waals surface area contributed by atoms with Gasteiger partial charge in [-0.15, -0.1) is 0 Å². The van der Waals surface area contributed by atoms with E-state index in [1.807, 2.05) is 0 Å². The van der Waals surface area contributed by atoms with E-state index < -0.39 is 80.7 Å². The number of fused-ring (bicyclic) bond motifs is 1. The summed E-state index contributed by atoms with van der Waals surface area (Å²) in [5.74, 6) is -4.30. The Balaban J connectivity index is 1.46. The molecule has 0 aliphatic carbocycles. The number of nitrogens with zero attached hydrogens (tertiary/aromatic N) is 2. The fraction of sp³-hybridized carbons (Fsp3) is 0.438. The Morgan fingerprint density at radius 1 is 0.940 bits per heavy atom. The Labute approximate surface area is 285 Å². The molecule has 3 aromatic rings. The van der Waals surface area contributed by atoms with Crippen LogP contribution in [-0.2, 0) is 24.3 Å². The second-order valence-electron chi connectivity index (χ2n) is 12.3. The number of hydrogen-bond acceptors (Lipinski definition) is 10. The number of nitrogens with one attached hydrogen (secondary N) is 3. The molecule has 0 radical (unpaired) electrons. The molecule has 1 fully saturated rings. The highest BCUT2D eigenvalue weighted by Crippen LogP contribution is 2.26. The van der Waals surface area contributed by atoms with E-state index in [1.54, 1.807) is 27.7 Å². The molecule has 3 N–H and O–H groups in total. The van der Waals surface area contributed by atoms with Crippen molar-refractivity contribution in [3.05, 3.63) is 59.5 Å². The van der Waals surface area contributed by atoms with E-state index >= 15 is 0 Å². The van der Waals surface area contributed by atoms with Crippen LogP contribution in [0.5, 0.6) is 0 Å². The van der Waals surface area contributed by atoms with E-state index in [1.165, 1.54) is 34.9 Å². The van der Waals surface area contributed by atoms with Gasteiger partial charge in [0.2, 0.25) is 17.6 Å². The van der Waals surface area contributed by atoms with E-state index in [4.69, 9.17) is 9.15 Å². The molecule has 50 heavy (non-hydrogen) atoms. The average Bonchev–Trinajstić information content (AvgIpc) is 3.72. The normalized spacial score (nSPS) is 16.3. The maximum absolute atomic E-state index is 13.8. The lowest BCUT2D eigenvalue weighted by molar-refractivity contribution is -0.140. The van der Waals surface area contributed by atoms with Gasteiger partial charge in [0.1, 0.15) is 17.6 Å². The van der Waals surface area contributed by atoms with Crippen molar-refractivity contribution in [2.24, 2.45) is 11.8 Å². The number of ether oxygens (including phenoxy) is 1. The lowest BCUT2D eigenvalue weighted by atomic mass is 9.98. The van der Waals surface area contributed by atoms with Gasteiger partial charge in [0, 0.05) is 17.8 Å². The summed E-state index contributed by atoms with van der Waals surface area (Å²) in [6.07, 6.45) is 0.746. The second kappa shape index (κ2) is 14.9. The Morgan fingerprint density at radius 2 is 1.56 bits per heavy atom. The molecule has 2 unspecified atom stereocenters. The average molecular weight is 724 g/mol. The lowest BCUT2D eigenvalue weighted by Gasteiger charge is -2.31. The number of alkyl halides is 3. The number of Topliss-reactive ketones (excluding diaryl/α,β-unsaturated/α-hetero) is 1. The summed E-state index contributed by atoms with van der Waals surface area (Å²) in [4.78, 5) is 71.4. The molecular weight excluding hydrogens is 687 g/mol. The third-order valence-electron chi connectivity index (χ3n) is 8.03. The molecule has 1 aliphatic rings. The zero-order valence-corrected chi connectivity index (χ0v) is 28.5. The minimum absolute atomic E-state index is 0.0619. The smallest absolute Gasteiger partial charge is 0.465 e. The third kappa shape index (κ3) is 8.23. The van der Waals surface area contributed by atoms with Crippen molar-refractivity contribution in [2.45, 2.75) is 64.2 Å². The van der Waals surface area contributed by atoms with Crippen molar-refractivity contribution in [3.8, 4) is 0 Å². The predicted octanol–water partition coefficient (Wildman–Crippen LogP) is 3.65. The minimum Gasteiger partial charge on any atom is -0.465 e. The van der Waals surface area contributed by atoms with Gasteiger partial charge >= 0.3 is 21.5 Å². The van der Waals surface area contributed by atoms with Gasteiger partial charge in [0.25, 0.3) is 11.8 Å². The van der Waals surface area contributed by atoms with Gasteiger partial charge in [0.05, 0.1) is 18.7 Å². The topological polar surface area (TPSA) is 194 Å². The molecule has 1 aromatic heterocycles. The molecule has 3 amide bonds. The number of ketones is 1. The molecular formula is C32H36F3N5O9S. The van der Waals surface area contributed by atoms with Crippen LogP contribution in [0.4, 0.5) is 18.9 Å². The highest BCUT2D eigenvalue weighted by molar-refractivity contribution is 7.93. The van der Waals surface area contributed by atoms with Gasteiger partial charge < -0.3 is 24.7 Å². The number of esters is 1. The number of anilines is 1. The summed E-state index contributed by atoms with van der Waals surface area (Å²) in [6, 6.07) is 5.29. The van der Waals surface area contributed by atoms with E-state index in [-0.39, 0.29) is 41.1 Å². The van der Waals surface area contributed by atoms with Crippen molar-refractivity contribution in [1.29, 1.82) is 0 Å². The molecule has 3 atom stereocenters. The van der Waals surface area contributed by atoms with Gasteiger partial charge in [-0.25, -0.2) is 9.78 Å². The molecule has 0 bridgehead atoms. The third-order valence-corrected chi connectivity index (χ3v) is 9.14. The van der Waals surface area contributed by atoms with Crippen LogP contribution in [0.2, 0.25) is 0 Å². The molecule has 18 heteroatoms. The summed E-state index contributed by atoms with van der Waals surface area (Å²) in [5.41, 5.74) is -5.34. The quantitative estimate of drug-likeness (QED) is 0.184. The fourth-order valence-corrected chi connectivity index (χ4v) is 5.88. The highest BCUT2D eigenvalue weighted by atomic mass is 32.2. The first kappa shape index (κ1) is 37.8. The van der Waals surface area contributed by atoms with Gasteiger partial charge in [-0.3, -0.25) is 23.9 Å². The zero-order chi connectivity index (χ0) is 37.1. The minimum atomic E-state index is -5.66. The number of sulfonamides is 1. The van der Waals surface area contributed by atoms with Crippen molar-refractivity contribution in [3.63, 3.8) is 0 Å². The summed E-state index contributed by atoms with van der Waals surface area (Å²) in [5, 5.41) is 5.33. The summed E-state index contributed by atoms with van der Waals surface area (Å²) in [6.45, 7) is 6.95. The largest absolute Gasteiger partial charge is 0.516 e. The van der Waals surface area contributed by atoms with Crippen LogP contribution in [0, 0.1) is 11.8 Å². The molecule has 0 spiro atoms. The van der Waals surface area contributed by atoms with Crippen LogP contribution in [0.1, 0.15) is 71.9 Å². The van der Waals surface area contributed by atoms with Crippen LogP contribution in [0.3, 0.4) is 0 Å². The number of oxazole rings is 1. The Bertz CT molecular complexity index is 1890. The van der Waals surface area contributed by atoms with Gasteiger partial charge in [-0.1, -0.05) is 27.7 Å². The first-order valence-corrected chi connectivity index (χ1v) is 17.0. The summed E-state index contributed by atoms with van der Waals surface area (Å²) < 4.78 is 72.6. The molecule has 4 rings (SSSR count). The summed E-state index contributed by atoms with van der Waals surface area (Å²) >= 11 is 0. The predicted molar refractivity (Wildman–Crippen MR) is 172 cm³/mol. The maximum atomic E-state index is 13.8. The number of halogens is 3. The number of likely N-dealkylation sites (tertiary alicyclic amines) is 1. The molecule has 1 saturated heterocycles. The Kier molecular flexibility index (Phi) is 11.2. The van der Waals surface area contributed by atoms with Gasteiger partial charge in [-0.05, 0) is 67.1 Å². The van der Waals surface area contributed by atoms with Crippen molar-refractivity contribution in [2.75, 3.05) is 18.4 Å². The SMILES string of the molecule is COC(=O)c1ccc2oc(C(=O)C(NC(=O)[C@@H]3CCCN3C(=O)C(NC(=O)c3ccc(NS(=O)(=O)C(F)(F)F)cc3)C(C)C)C(C)C)nc2c1. The Morgan fingerprint density at radius 3 is 2.14 bits per heavy atom. The Hall–Kier alpha value is -5.00. The monoisotopic (exact) mass is 723 g/mol. The van der Waals surface area contributed by atoms with Crippen molar-refractivity contribution < 1.29 is 54.7 Å². The molecule has 270 valence electrons. The number of carbonyl (C=O) groups is 5. The lowest BCUT2D eigenvalue weighted by Crippen LogP contribution is -2.57. The van der Waals surface area contributed by atoms with Crippen LogP contribution < -0.4 is 15.4 Å². The van der Waals surface area contributed by atoms with Crippen molar-refractivity contribution in [1.82, 2.24) is 20.5 Å². The first-order chi connectivity index (χ1) is 23.3. The molecule has 2 aromatic carbocycles. The van der Waals surface area contributed by atoms with Crippen LogP contribution in [0.15, 0.2) is 46.9 Å². The molecule has 1 aliphatic heterocycles. The number of methoxy groups -OCH3 is 1. The standard InChI is InChI=1S/C32H36F3N5O9S/c1-16(2)24(26(41)29-36-21-15-19(31(45)48-5)10-13-23(21)49-29)37-28(43)22-7-6-14-40(22)30(44)25(17(3)4)38-27(42)18-8-11-20(12-9-18)39-50(46,47)32(33,34)35/h8-13,15-17,22,24-25,39H,6-7,14H2,1-5H3,(H,37,43)(H,38,42)/t22-,24?,25?/m0/s1. The molecule has 0 saturated carbocycles. The number of amides is 3. The van der Waals surface area contributed by atoms with E-state index in [0.29, 0.717) is 6.42 Å². The number of benzene rings is 2.